The average Bonchev–Trinajstić information content (AvgIpc) is 3.13. The first-order valence-corrected chi connectivity index (χ1v) is 8.20. The third-order valence-corrected chi connectivity index (χ3v) is 4.58. The largest absolute Gasteiger partial charge is 0.480 e. The van der Waals surface area contributed by atoms with Crippen LogP contribution in [0.1, 0.15) is 29.0 Å². The number of aliphatic carboxylic acids is 1. The maximum absolute atomic E-state index is 12.6. The van der Waals surface area contributed by atoms with Gasteiger partial charge in [0.1, 0.15) is 6.04 Å². The number of rotatable bonds is 3. The molecule has 0 aliphatic carbocycles. The summed E-state index contributed by atoms with van der Waals surface area (Å²) in [7, 11) is 0. The lowest BCUT2D eigenvalue weighted by Gasteiger charge is -2.20. The number of hydrogen-bond donors (Lipinski definition) is 1. The van der Waals surface area contributed by atoms with Crippen LogP contribution in [-0.2, 0) is 4.79 Å². The Morgan fingerprint density at radius 2 is 2.04 bits per heavy atom. The molecule has 1 atom stereocenters. The van der Waals surface area contributed by atoms with Crippen molar-refractivity contribution in [3.63, 3.8) is 0 Å². The van der Waals surface area contributed by atoms with Crippen molar-refractivity contribution < 1.29 is 14.7 Å². The number of hydrogen-bond acceptors (Lipinski definition) is 3. The first kappa shape index (κ1) is 16.8. The summed E-state index contributed by atoms with van der Waals surface area (Å²) < 4.78 is 1.55. The molecule has 126 valence electrons. The van der Waals surface area contributed by atoms with Crippen LogP contribution >= 0.6 is 23.2 Å². The molecule has 0 spiro atoms. The second kappa shape index (κ2) is 6.45. The van der Waals surface area contributed by atoms with Crippen LogP contribution in [0.2, 0.25) is 10.0 Å². The van der Waals surface area contributed by atoms with Crippen molar-refractivity contribution in [3.8, 4) is 5.69 Å². The van der Waals surface area contributed by atoms with E-state index in [1.54, 1.807) is 35.9 Å². The van der Waals surface area contributed by atoms with Crippen molar-refractivity contribution in [2.45, 2.75) is 25.8 Å². The van der Waals surface area contributed by atoms with Gasteiger partial charge < -0.3 is 10.0 Å². The van der Waals surface area contributed by atoms with Crippen molar-refractivity contribution in [2.75, 3.05) is 6.54 Å². The van der Waals surface area contributed by atoms with Gasteiger partial charge in [0, 0.05) is 17.3 Å². The van der Waals surface area contributed by atoms with Crippen LogP contribution < -0.4 is 0 Å². The Balaban J connectivity index is 1.94. The summed E-state index contributed by atoms with van der Waals surface area (Å²) in [4.78, 5) is 25.3. The van der Waals surface area contributed by atoms with E-state index in [0.29, 0.717) is 40.8 Å². The molecule has 1 aromatic heterocycles. The Labute approximate surface area is 148 Å². The number of amides is 1. The SMILES string of the molecule is Cc1cc(C(=O)N2CCCC2C(=O)O)nn1-c1ccc(Cl)cc1Cl. The Hall–Kier alpha value is -2.05. The summed E-state index contributed by atoms with van der Waals surface area (Å²) in [6.45, 7) is 2.22. The van der Waals surface area contributed by atoms with Gasteiger partial charge in [0.2, 0.25) is 0 Å². The van der Waals surface area contributed by atoms with Crippen LogP contribution in [-0.4, -0.2) is 44.3 Å². The molecular formula is C16H15Cl2N3O3. The van der Waals surface area contributed by atoms with E-state index in [1.165, 1.54) is 4.90 Å². The second-order valence-electron chi connectivity index (χ2n) is 5.67. The molecule has 2 heterocycles. The highest BCUT2D eigenvalue weighted by Gasteiger charge is 2.35. The highest BCUT2D eigenvalue weighted by Crippen LogP contribution is 2.26. The summed E-state index contributed by atoms with van der Waals surface area (Å²) in [5.74, 6) is -1.37. The minimum absolute atomic E-state index is 0.201. The van der Waals surface area contributed by atoms with Crippen molar-refractivity contribution in [1.29, 1.82) is 0 Å². The molecule has 1 saturated heterocycles. The van der Waals surface area contributed by atoms with Crippen molar-refractivity contribution in [2.24, 2.45) is 0 Å². The highest BCUT2D eigenvalue weighted by atomic mass is 35.5. The van der Waals surface area contributed by atoms with Crippen LogP contribution in [0.4, 0.5) is 0 Å². The number of benzene rings is 1. The molecule has 1 aliphatic heterocycles. The maximum atomic E-state index is 12.6. The molecule has 1 aliphatic rings. The molecule has 0 radical (unpaired) electrons. The van der Waals surface area contributed by atoms with Gasteiger partial charge in [0.15, 0.2) is 5.69 Å². The number of carbonyl (C=O) groups excluding carboxylic acids is 1. The quantitative estimate of drug-likeness (QED) is 0.903. The fourth-order valence-corrected chi connectivity index (χ4v) is 3.38. The van der Waals surface area contributed by atoms with Crippen molar-refractivity contribution in [3.05, 3.63) is 45.7 Å². The zero-order valence-corrected chi connectivity index (χ0v) is 14.4. The van der Waals surface area contributed by atoms with Gasteiger partial charge in [-0.3, -0.25) is 4.79 Å². The monoisotopic (exact) mass is 367 g/mol. The topological polar surface area (TPSA) is 75.4 Å². The average molecular weight is 368 g/mol. The lowest BCUT2D eigenvalue weighted by atomic mass is 10.2. The van der Waals surface area contributed by atoms with Gasteiger partial charge in [-0.25, -0.2) is 9.48 Å². The van der Waals surface area contributed by atoms with Gasteiger partial charge in [-0.2, -0.15) is 5.10 Å². The van der Waals surface area contributed by atoms with E-state index in [4.69, 9.17) is 23.2 Å². The molecule has 1 aromatic carbocycles. The predicted octanol–water partition coefficient (Wildman–Crippen LogP) is 3.18. The van der Waals surface area contributed by atoms with E-state index >= 15 is 0 Å². The zero-order valence-electron chi connectivity index (χ0n) is 12.9. The number of carboxylic acids is 1. The second-order valence-corrected chi connectivity index (χ2v) is 6.52. The summed E-state index contributed by atoms with van der Waals surface area (Å²) in [6.07, 6.45) is 1.13. The number of halogens is 2. The Morgan fingerprint density at radius 1 is 1.29 bits per heavy atom. The third-order valence-electron chi connectivity index (χ3n) is 4.04. The van der Waals surface area contributed by atoms with E-state index in [1.807, 2.05) is 0 Å². The number of carboxylic acid groups (broad SMARTS) is 1. The summed E-state index contributed by atoms with van der Waals surface area (Å²) >= 11 is 12.1. The fraction of sp³-hybridized carbons (Fsp3) is 0.312. The minimum Gasteiger partial charge on any atom is -0.480 e. The summed E-state index contributed by atoms with van der Waals surface area (Å²) in [5, 5.41) is 14.5. The molecule has 1 unspecified atom stereocenters. The van der Waals surface area contributed by atoms with E-state index < -0.39 is 12.0 Å². The number of likely N-dealkylation sites (tertiary alicyclic amines) is 1. The van der Waals surface area contributed by atoms with Gasteiger partial charge in [-0.15, -0.1) is 0 Å². The van der Waals surface area contributed by atoms with Gasteiger partial charge in [-0.1, -0.05) is 23.2 Å². The Kier molecular flexibility index (Phi) is 4.51. The van der Waals surface area contributed by atoms with E-state index in [9.17, 15) is 14.7 Å². The number of aryl methyl sites for hydroxylation is 1. The van der Waals surface area contributed by atoms with Crippen molar-refractivity contribution >= 4 is 35.1 Å². The molecular weight excluding hydrogens is 353 g/mol. The molecule has 3 rings (SSSR count). The summed E-state index contributed by atoms with van der Waals surface area (Å²) in [5.41, 5.74) is 1.52. The Bertz CT molecular complexity index is 819. The van der Waals surface area contributed by atoms with E-state index in [0.717, 1.165) is 0 Å². The van der Waals surface area contributed by atoms with Gasteiger partial charge in [0.25, 0.3) is 5.91 Å². The minimum atomic E-state index is -0.988. The van der Waals surface area contributed by atoms with Crippen LogP contribution in [0, 0.1) is 6.92 Å². The number of aromatic nitrogens is 2. The first-order chi connectivity index (χ1) is 11.4. The standard InChI is InChI=1S/C16H15Cl2N3O3/c1-9-7-12(15(22)20-6-2-3-14(20)16(23)24)19-21(9)13-5-4-10(17)8-11(13)18/h4-5,7-8,14H,2-3,6H2,1H3,(H,23,24). The van der Waals surface area contributed by atoms with Gasteiger partial charge in [0.05, 0.1) is 10.7 Å². The van der Waals surface area contributed by atoms with Crippen LogP contribution in [0.15, 0.2) is 24.3 Å². The number of carbonyl (C=O) groups is 2. The molecule has 0 saturated carbocycles. The maximum Gasteiger partial charge on any atom is 0.326 e. The predicted molar refractivity (Wildman–Crippen MR) is 90.0 cm³/mol. The van der Waals surface area contributed by atoms with Gasteiger partial charge >= 0.3 is 5.97 Å². The van der Waals surface area contributed by atoms with Crippen molar-refractivity contribution in [1.82, 2.24) is 14.7 Å². The Morgan fingerprint density at radius 3 is 2.71 bits per heavy atom. The van der Waals surface area contributed by atoms with E-state index in [-0.39, 0.29) is 11.6 Å². The first-order valence-electron chi connectivity index (χ1n) is 7.44. The highest BCUT2D eigenvalue weighted by molar-refractivity contribution is 6.35. The van der Waals surface area contributed by atoms with Crippen LogP contribution in [0.3, 0.4) is 0 Å². The molecule has 0 bridgehead atoms. The molecule has 8 heteroatoms. The van der Waals surface area contributed by atoms with Crippen LogP contribution in [0.25, 0.3) is 5.69 Å². The molecule has 6 nitrogen and oxygen atoms in total. The lowest BCUT2D eigenvalue weighted by molar-refractivity contribution is -0.141. The fourth-order valence-electron chi connectivity index (χ4n) is 2.89. The van der Waals surface area contributed by atoms with Gasteiger partial charge in [-0.05, 0) is 44.0 Å². The third kappa shape index (κ3) is 2.99. The molecule has 1 fully saturated rings. The zero-order chi connectivity index (χ0) is 17.4. The normalized spacial score (nSPS) is 17.3. The van der Waals surface area contributed by atoms with E-state index in [2.05, 4.69) is 5.10 Å². The number of nitrogens with zero attached hydrogens (tertiary/aromatic N) is 3. The smallest absolute Gasteiger partial charge is 0.326 e. The summed E-state index contributed by atoms with van der Waals surface area (Å²) in [6, 6.07) is 5.84. The molecule has 1 N–H and O–H groups in total. The van der Waals surface area contributed by atoms with Crippen LogP contribution in [0.5, 0.6) is 0 Å². The molecule has 24 heavy (non-hydrogen) atoms. The molecule has 2 aromatic rings. The lowest BCUT2D eigenvalue weighted by Crippen LogP contribution is -2.40. The molecule has 1 amide bonds.